The topological polar surface area (TPSA) is 54.9 Å². The number of benzene rings is 2. The van der Waals surface area contributed by atoms with Crippen LogP contribution in [0.5, 0.6) is 0 Å². The standard InChI is InChI=1S/C17H13F2N3OS2/c18-13-7-5-11(6-8-13)15(23)9-20-16-21-22-17(25-16)24-10-12-3-1-2-4-14(12)19/h1-8H,9-10H2,(H,20,21). The van der Waals surface area contributed by atoms with Gasteiger partial charge < -0.3 is 5.32 Å². The van der Waals surface area contributed by atoms with E-state index in [1.165, 1.54) is 53.4 Å². The third-order valence-corrected chi connectivity index (χ3v) is 5.34. The van der Waals surface area contributed by atoms with Crippen molar-refractivity contribution in [1.82, 2.24) is 10.2 Å². The summed E-state index contributed by atoms with van der Waals surface area (Å²) in [4.78, 5) is 12.0. The Bertz CT molecular complexity index is 868. The molecule has 0 spiro atoms. The minimum atomic E-state index is -0.384. The first-order chi connectivity index (χ1) is 12.1. The number of Topliss-reactive ketones (excluding diaryl/α,β-unsaturated/α-hetero) is 1. The number of halogens is 2. The van der Waals surface area contributed by atoms with Crippen molar-refractivity contribution in [2.24, 2.45) is 0 Å². The third-order valence-electron chi connectivity index (χ3n) is 3.28. The average Bonchev–Trinajstić information content (AvgIpc) is 3.07. The van der Waals surface area contributed by atoms with Crippen LogP contribution in [0, 0.1) is 11.6 Å². The van der Waals surface area contributed by atoms with E-state index >= 15 is 0 Å². The molecule has 0 bridgehead atoms. The number of thioether (sulfide) groups is 1. The second-order valence-electron chi connectivity index (χ2n) is 5.04. The van der Waals surface area contributed by atoms with Crippen LogP contribution in [-0.4, -0.2) is 22.5 Å². The predicted octanol–water partition coefficient (Wildman–Crippen LogP) is 4.40. The normalized spacial score (nSPS) is 10.6. The Kier molecular flexibility index (Phi) is 5.72. The smallest absolute Gasteiger partial charge is 0.206 e. The predicted molar refractivity (Wildman–Crippen MR) is 95.1 cm³/mol. The maximum absolute atomic E-state index is 13.6. The summed E-state index contributed by atoms with van der Waals surface area (Å²) in [5.41, 5.74) is 1.02. The van der Waals surface area contributed by atoms with Crippen LogP contribution >= 0.6 is 23.1 Å². The number of carbonyl (C=O) groups is 1. The molecule has 2 aromatic carbocycles. The second kappa shape index (κ2) is 8.17. The van der Waals surface area contributed by atoms with Crippen LogP contribution in [0.15, 0.2) is 52.9 Å². The summed E-state index contributed by atoms with van der Waals surface area (Å²) in [6.07, 6.45) is 0. The fraction of sp³-hybridized carbons (Fsp3) is 0.118. The fourth-order valence-electron chi connectivity index (χ4n) is 1.99. The van der Waals surface area contributed by atoms with Crippen LogP contribution in [0.25, 0.3) is 0 Å². The first kappa shape index (κ1) is 17.5. The Morgan fingerprint density at radius 2 is 1.84 bits per heavy atom. The Morgan fingerprint density at radius 3 is 2.60 bits per heavy atom. The molecule has 1 N–H and O–H groups in total. The molecule has 0 aliphatic carbocycles. The molecule has 0 aliphatic rings. The van der Waals surface area contributed by atoms with Gasteiger partial charge in [-0.25, -0.2) is 8.78 Å². The highest BCUT2D eigenvalue weighted by Crippen LogP contribution is 2.28. The van der Waals surface area contributed by atoms with E-state index in [4.69, 9.17) is 0 Å². The van der Waals surface area contributed by atoms with Crippen molar-refractivity contribution >= 4 is 34.0 Å². The number of nitrogens with zero attached hydrogens (tertiary/aromatic N) is 2. The van der Waals surface area contributed by atoms with Crippen molar-refractivity contribution in [1.29, 1.82) is 0 Å². The largest absolute Gasteiger partial charge is 0.353 e. The molecule has 0 unspecified atom stereocenters. The van der Waals surface area contributed by atoms with Gasteiger partial charge >= 0.3 is 0 Å². The van der Waals surface area contributed by atoms with Gasteiger partial charge in [0, 0.05) is 11.3 Å². The summed E-state index contributed by atoms with van der Waals surface area (Å²) >= 11 is 2.67. The Balaban J connectivity index is 1.52. The number of nitrogens with one attached hydrogen (secondary N) is 1. The van der Waals surface area contributed by atoms with Gasteiger partial charge in [0.1, 0.15) is 11.6 Å². The average molecular weight is 377 g/mol. The monoisotopic (exact) mass is 377 g/mol. The van der Waals surface area contributed by atoms with Crippen LogP contribution in [0.3, 0.4) is 0 Å². The van der Waals surface area contributed by atoms with E-state index in [2.05, 4.69) is 15.5 Å². The van der Waals surface area contributed by atoms with E-state index in [0.29, 0.717) is 26.4 Å². The minimum absolute atomic E-state index is 0.0399. The lowest BCUT2D eigenvalue weighted by Crippen LogP contribution is -2.13. The van der Waals surface area contributed by atoms with Gasteiger partial charge in [-0.2, -0.15) is 0 Å². The summed E-state index contributed by atoms with van der Waals surface area (Å²) in [6.45, 7) is 0.0399. The number of rotatable bonds is 7. The van der Waals surface area contributed by atoms with Crippen molar-refractivity contribution in [2.45, 2.75) is 10.1 Å². The van der Waals surface area contributed by atoms with Crippen LogP contribution in [-0.2, 0) is 5.75 Å². The SMILES string of the molecule is O=C(CNc1nnc(SCc2ccccc2F)s1)c1ccc(F)cc1. The first-order valence-electron chi connectivity index (χ1n) is 7.34. The van der Waals surface area contributed by atoms with Crippen LogP contribution in [0.4, 0.5) is 13.9 Å². The van der Waals surface area contributed by atoms with Gasteiger partial charge in [-0.1, -0.05) is 41.3 Å². The Morgan fingerprint density at radius 1 is 1.08 bits per heavy atom. The van der Waals surface area contributed by atoms with E-state index in [1.54, 1.807) is 18.2 Å². The van der Waals surface area contributed by atoms with Gasteiger partial charge in [-0.05, 0) is 35.9 Å². The molecule has 1 aromatic heterocycles. The fourth-order valence-corrected chi connectivity index (χ4v) is 3.72. The molecular weight excluding hydrogens is 364 g/mol. The number of aromatic nitrogens is 2. The van der Waals surface area contributed by atoms with Crippen molar-refractivity contribution in [2.75, 3.05) is 11.9 Å². The highest BCUT2D eigenvalue weighted by molar-refractivity contribution is 8.00. The van der Waals surface area contributed by atoms with Crippen molar-refractivity contribution in [3.05, 3.63) is 71.3 Å². The first-order valence-corrected chi connectivity index (χ1v) is 9.14. The molecule has 3 rings (SSSR count). The molecule has 0 radical (unpaired) electrons. The molecule has 25 heavy (non-hydrogen) atoms. The zero-order valence-corrected chi connectivity index (χ0v) is 14.5. The molecule has 1 heterocycles. The van der Waals surface area contributed by atoms with Crippen molar-refractivity contribution in [3.63, 3.8) is 0 Å². The summed E-state index contributed by atoms with van der Waals surface area (Å²) in [5, 5.41) is 11.4. The molecule has 0 saturated carbocycles. The summed E-state index contributed by atoms with van der Waals surface area (Å²) in [6, 6.07) is 11.9. The zero-order chi connectivity index (χ0) is 17.6. The Labute approximate surface area is 151 Å². The summed E-state index contributed by atoms with van der Waals surface area (Å²) in [7, 11) is 0. The number of carbonyl (C=O) groups excluding carboxylic acids is 1. The van der Waals surface area contributed by atoms with Gasteiger partial charge in [0.05, 0.1) is 6.54 Å². The van der Waals surface area contributed by atoms with Crippen molar-refractivity contribution in [3.8, 4) is 0 Å². The van der Waals surface area contributed by atoms with Crippen LogP contribution in [0.1, 0.15) is 15.9 Å². The highest BCUT2D eigenvalue weighted by atomic mass is 32.2. The highest BCUT2D eigenvalue weighted by Gasteiger charge is 2.10. The molecule has 0 atom stereocenters. The number of hydrogen-bond donors (Lipinski definition) is 1. The van der Waals surface area contributed by atoms with Gasteiger partial charge in [0.15, 0.2) is 10.1 Å². The van der Waals surface area contributed by atoms with E-state index < -0.39 is 0 Å². The van der Waals surface area contributed by atoms with Crippen molar-refractivity contribution < 1.29 is 13.6 Å². The Hall–Kier alpha value is -2.32. The van der Waals surface area contributed by atoms with E-state index in [-0.39, 0.29) is 24.0 Å². The number of ketones is 1. The molecule has 8 heteroatoms. The molecule has 0 fully saturated rings. The van der Waals surface area contributed by atoms with Gasteiger partial charge in [-0.15, -0.1) is 10.2 Å². The lowest BCUT2D eigenvalue weighted by molar-refractivity contribution is 0.101. The molecule has 3 aromatic rings. The molecule has 0 aliphatic heterocycles. The van der Waals surface area contributed by atoms with Gasteiger partial charge in [-0.3, -0.25) is 4.79 Å². The third kappa shape index (κ3) is 4.83. The number of anilines is 1. The second-order valence-corrected chi connectivity index (χ2v) is 7.24. The summed E-state index contributed by atoms with van der Waals surface area (Å²) < 4.78 is 27.1. The maximum atomic E-state index is 13.6. The van der Waals surface area contributed by atoms with E-state index in [1.807, 2.05) is 0 Å². The zero-order valence-electron chi connectivity index (χ0n) is 12.9. The number of hydrogen-bond acceptors (Lipinski definition) is 6. The van der Waals surface area contributed by atoms with E-state index in [0.717, 1.165) is 0 Å². The lowest BCUT2D eigenvalue weighted by Gasteiger charge is -2.01. The lowest BCUT2D eigenvalue weighted by atomic mass is 10.1. The van der Waals surface area contributed by atoms with Gasteiger partial charge in [0.25, 0.3) is 0 Å². The molecular formula is C17H13F2N3OS2. The van der Waals surface area contributed by atoms with Gasteiger partial charge in [0.2, 0.25) is 5.13 Å². The van der Waals surface area contributed by atoms with E-state index in [9.17, 15) is 13.6 Å². The molecule has 4 nitrogen and oxygen atoms in total. The quantitative estimate of drug-likeness (QED) is 0.488. The molecule has 128 valence electrons. The van der Waals surface area contributed by atoms with Crippen LogP contribution in [0.2, 0.25) is 0 Å². The molecule has 0 saturated heterocycles. The molecule has 0 amide bonds. The maximum Gasteiger partial charge on any atom is 0.206 e. The van der Waals surface area contributed by atoms with Crippen LogP contribution < -0.4 is 5.32 Å². The minimum Gasteiger partial charge on any atom is -0.353 e. The summed E-state index contributed by atoms with van der Waals surface area (Å²) in [5.74, 6) is -0.348.